The van der Waals surface area contributed by atoms with Gasteiger partial charge in [-0.3, -0.25) is 4.79 Å². The first-order valence-corrected chi connectivity index (χ1v) is 22.1. The molecule has 0 aliphatic rings. The van der Waals surface area contributed by atoms with Gasteiger partial charge in [0.1, 0.15) is 0 Å². The molecule has 0 aromatic carbocycles. The third-order valence-electron chi connectivity index (χ3n) is 10.2. The number of carbonyl (C=O) groups is 1. The highest BCUT2D eigenvalue weighted by Gasteiger charge is 2.17. The van der Waals surface area contributed by atoms with Gasteiger partial charge >= 0.3 is 0 Å². The van der Waals surface area contributed by atoms with Crippen molar-refractivity contribution in [1.29, 1.82) is 0 Å². The lowest BCUT2D eigenvalue weighted by Crippen LogP contribution is -2.45. The smallest absolute Gasteiger partial charge is 0.220 e. The van der Waals surface area contributed by atoms with Crippen LogP contribution in [0.1, 0.15) is 239 Å². The Kier molecular flexibility index (Phi) is 40.3. The first-order chi connectivity index (χ1) is 24.2. The molecule has 0 spiro atoms. The molecular weight excluding hydrogens is 602 g/mol. The Morgan fingerprint density at radius 2 is 0.776 bits per heavy atom. The zero-order valence-corrected chi connectivity index (χ0v) is 33.2. The van der Waals surface area contributed by atoms with Crippen molar-refractivity contribution in [3.05, 3.63) is 24.3 Å². The summed E-state index contributed by atoms with van der Waals surface area (Å²) in [5, 5.41) is 23.0. The van der Waals surface area contributed by atoms with Crippen LogP contribution in [-0.4, -0.2) is 34.9 Å². The van der Waals surface area contributed by atoms with Crippen molar-refractivity contribution < 1.29 is 15.0 Å². The van der Waals surface area contributed by atoms with Crippen LogP contribution >= 0.6 is 0 Å². The van der Waals surface area contributed by atoms with Gasteiger partial charge in [0, 0.05) is 6.42 Å². The maximum atomic E-state index is 12.4. The Bertz CT molecular complexity index is 705. The van der Waals surface area contributed by atoms with Gasteiger partial charge in [-0.05, 0) is 44.9 Å². The summed E-state index contributed by atoms with van der Waals surface area (Å²) in [4.78, 5) is 12.4. The van der Waals surface area contributed by atoms with Crippen LogP contribution in [-0.2, 0) is 4.79 Å². The monoisotopic (exact) mass is 690 g/mol. The third kappa shape index (κ3) is 37.9. The third-order valence-corrected chi connectivity index (χ3v) is 10.2. The summed E-state index contributed by atoms with van der Waals surface area (Å²) < 4.78 is 0. The minimum absolute atomic E-state index is 0.0711. The molecule has 1 amide bonds. The summed E-state index contributed by atoms with van der Waals surface area (Å²) in [6, 6.07) is -0.623. The van der Waals surface area contributed by atoms with Gasteiger partial charge in [0.15, 0.2) is 0 Å². The standard InChI is InChI=1S/C45H87NO3/c1-3-5-7-9-11-13-15-17-19-20-21-22-23-24-25-27-28-30-32-34-36-38-40-44(48)43(42-47)46-45(49)41-39-37-35-33-31-29-26-18-16-14-12-10-8-6-4-2/h18,26,38,40,43-44,47-48H,3-17,19-25,27-37,39,41-42H2,1-2H3,(H,46,49)/b26-18-,40-38+. The van der Waals surface area contributed by atoms with E-state index in [0.717, 1.165) is 32.1 Å². The average molecular weight is 690 g/mol. The number of aliphatic hydroxyl groups excluding tert-OH is 2. The van der Waals surface area contributed by atoms with E-state index in [4.69, 9.17) is 0 Å². The molecule has 290 valence electrons. The van der Waals surface area contributed by atoms with E-state index in [0.29, 0.717) is 6.42 Å². The molecule has 0 aliphatic carbocycles. The fourth-order valence-electron chi connectivity index (χ4n) is 6.76. The minimum atomic E-state index is -0.840. The number of aliphatic hydroxyl groups is 2. The van der Waals surface area contributed by atoms with Crippen molar-refractivity contribution in [2.24, 2.45) is 0 Å². The summed E-state index contributed by atoms with van der Waals surface area (Å²) in [6.07, 6.45) is 52.9. The second kappa shape index (κ2) is 41.3. The molecule has 3 N–H and O–H groups in total. The van der Waals surface area contributed by atoms with Gasteiger partial charge in [-0.25, -0.2) is 0 Å². The summed E-state index contributed by atoms with van der Waals surface area (Å²) in [5.41, 5.74) is 0. The number of rotatable bonds is 40. The second-order valence-electron chi connectivity index (χ2n) is 15.1. The van der Waals surface area contributed by atoms with Gasteiger partial charge in [0.25, 0.3) is 0 Å². The average Bonchev–Trinajstić information content (AvgIpc) is 3.10. The molecule has 0 saturated carbocycles. The van der Waals surface area contributed by atoms with E-state index >= 15 is 0 Å². The van der Waals surface area contributed by atoms with Gasteiger partial charge in [-0.15, -0.1) is 0 Å². The quantitative estimate of drug-likeness (QED) is 0.0443. The number of carbonyl (C=O) groups excluding carboxylic acids is 1. The molecule has 0 heterocycles. The van der Waals surface area contributed by atoms with E-state index in [-0.39, 0.29) is 12.5 Å². The highest BCUT2D eigenvalue weighted by Crippen LogP contribution is 2.16. The summed E-state index contributed by atoms with van der Waals surface area (Å²) >= 11 is 0. The van der Waals surface area contributed by atoms with Crippen LogP contribution in [0.5, 0.6) is 0 Å². The summed E-state index contributed by atoms with van der Waals surface area (Å²) in [5.74, 6) is -0.0711. The fraction of sp³-hybridized carbons (Fsp3) is 0.889. The van der Waals surface area contributed by atoms with E-state index in [9.17, 15) is 15.0 Å². The largest absolute Gasteiger partial charge is 0.394 e. The highest BCUT2D eigenvalue weighted by molar-refractivity contribution is 5.76. The topological polar surface area (TPSA) is 69.6 Å². The maximum Gasteiger partial charge on any atom is 0.220 e. The Morgan fingerprint density at radius 3 is 1.12 bits per heavy atom. The molecule has 0 aromatic rings. The van der Waals surface area contributed by atoms with Gasteiger partial charge < -0.3 is 15.5 Å². The number of amides is 1. The van der Waals surface area contributed by atoms with Crippen molar-refractivity contribution in [2.45, 2.75) is 251 Å². The van der Waals surface area contributed by atoms with Crippen molar-refractivity contribution in [3.8, 4) is 0 Å². The number of hydrogen-bond acceptors (Lipinski definition) is 3. The van der Waals surface area contributed by atoms with Crippen LogP contribution in [0, 0.1) is 0 Å². The van der Waals surface area contributed by atoms with E-state index in [1.807, 2.05) is 6.08 Å². The number of allylic oxidation sites excluding steroid dienone is 3. The lowest BCUT2D eigenvalue weighted by Gasteiger charge is -2.20. The van der Waals surface area contributed by atoms with Crippen molar-refractivity contribution in [3.63, 3.8) is 0 Å². The molecule has 0 fully saturated rings. The van der Waals surface area contributed by atoms with Gasteiger partial charge in [-0.1, -0.05) is 212 Å². The molecule has 2 unspecified atom stereocenters. The molecule has 49 heavy (non-hydrogen) atoms. The van der Waals surface area contributed by atoms with Crippen LogP contribution < -0.4 is 5.32 Å². The Morgan fingerprint density at radius 1 is 0.469 bits per heavy atom. The van der Waals surface area contributed by atoms with Crippen molar-refractivity contribution in [1.82, 2.24) is 5.32 Å². The number of unbranched alkanes of at least 4 members (excludes halogenated alkanes) is 31. The highest BCUT2D eigenvalue weighted by atomic mass is 16.3. The van der Waals surface area contributed by atoms with Crippen LogP contribution in [0.25, 0.3) is 0 Å². The van der Waals surface area contributed by atoms with Crippen molar-refractivity contribution in [2.75, 3.05) is 6.61 Å². The zero-order chi connectivity index (χ0) is 35.7. The molecule has 0 radical (unpaired) electrons. The molecule has 0 bridgehead atoms. The Hall–Kier alpha value is -1.13. The van der Waals surface area contributed by atoms with Crippen molar-refractivity contribution >= 4 is 5.91 Å². The van der Waals surface area contributed by atoms with Crippen LogP contribution in [0.3, 0.4) is 0 Å². The van der Waals surface area contributed by atoms with Crippen LogP contribution in [0.15, 0.2) is 24.3 Å². The first kappa shape index (κ1) is 47.9. The Labute approximate surface area is 307 Å². The fourth-order valence-corrected chi connectivity index (χ4v) is 6.76. The first-order valence-electron chi connectivity index (χ1n) is 22.1. The molecule has 4 nitrogen and oxygen atoms in total. The van der Waals surface area contributed by atoms with E-state index < -0.39 is 12.1 Å². The van der Waals surface area contributed by atoms with E-state index in [1.54, 1.807) is 6.08 Å². The summed E-state index contributed by atoms with van der Waals surface area (Å²) in [6.45, 7) is 4.31. The van der Waals surface area contributed by atoms with E-state index in [1.165, 1.54) is 186 Å². The van der Waals surface area contributed by atoms with Gasteiger partial charge in [0.05, 0.1) is 18.8 Å². The molecular formula is C45H87NO3. The SMILES string of the molecule is CCCCCCCC/C=C\CCCCCCCC(=O)NC(CO)C(O)/C=C/CCCCCCCCCCCCCCCCCCCCCC. The molecule has 0 aromatic heterocycles. The normalized spacial score (nSPS) is 13.1. The van der Waals surface area contributed by atoms with Gasteiger partial charge in [-0.2, -0.15) is 0 Å². The lowest BCUT2D eigenvalue weighted by molar-refractivity contribution is -0.123. The zero-order valence-electron chi connectivity index (χ0n) is 33.2. The Balaban J connectivity index is 3.55. The molecule has 0 saturated heterocycles. The predicted octanol–water partition coefficient (Wildman–Crippen LogP) is 13.6. The lowest BCUT2D eigenvalue weighted by atomic mass is 10.0. The second-order valence-corrected chi connectivity index (χ2v) is 15.1. The molecule has 0 aliphatic heterocycles. The van der Waals surface area contributed by atoms with Crippen LogP contribution in [0.4, 0.5) is 0 Å². The van der Waals surface area contributed by atoms with Crippen LogP contribution in [0.2, 0.25) is 0 Å². The molecule has 2 atom stereocenters. The van der Waals surface area contributed by atoms with Gasteiger partial charge in [0.2, 0.25) is 5.91 Å². The number of nitrogens with one attached hydrogen (secondary N) is 1. The molecule has 4 heteroatoms. The summed E-state index contributed by atoms with van der Waals surface area (Å²) in [7, 11) is 0. The predicted molar refractivity (Wildman–Crippen MR) is 216 cm³/mol. The van der Waals surface area contributed by atoms with E-state index in [2.05, 4.69) is 31.3 Å². The minimum Gasteiger partial charge on any atom is -0.394 e. The number of hydrogen-bond donors (Lipinski definition) is 3. The molecule has 0 rings (SSSR count). The maximum absolute atomic E-state index is 12.4.